The Balaban J connectivity index is 1.86. The van der Waals surface area contributed by atoms with Gasteiger partial charge >= 0.3 is 0 Å². The summed E-state index contributed by atoms with van der Waals surface area (Å²) < 4.78 is 5.93. The molecule has 5 heteroatoms. The van der Waals surface area contributed by atoms with E-state index in [1.807, 2.05) is 70.2 Å². The minimum absolute atomic E-state index is 0.616. The largest absolute Gasteiger partial charge is 0.456 e. The second-order valence-electron chi connectivity index (χ2n) is 7.53. The van der Waals surface area contributed by atoms with E-state index < -0.39 is 17.2 Å². The molecule has 1 aromatic heterocycles. The first-order valence-electron chi connectivity index (χ1n) is 8.13. The molecule has 2 N–H and O–H groups in total. The lowest BCUT2D eigenvalue weighted by atomic mass is 9.84. The molecular formula is C19H22N2O3. The molecule has 1 saturated heterocycles. The summed E-state index contributed by atoms with van der Waals surface area (Å²) in [7, 11) is 0. The van der Waals surface area contributed by atoms with Crippen molar-refractivity contribution in [2.75, 3.05) is 0 Å². The van der Waals surface area contributed by atoms with Gasteiger partial charge in [0.05, 0.1) is 11.1 Å². The van der Waals surface area contributed by atoms with Crippen LogP contribution in [0.5, 0.6) is 0 Å². The third kappa shape index (κ3) is 1.84. The Morgan fingerprint density at radius 2 is 1.42 bits per heavy atom. The van der Waals surface area contributed by atoms with E-state index >= 15 is 0 Å². The van der Waals surface area contributed by atoms with E-state index in [0.717, 1.165) is 27.5 Å². The summed E-state index contributed by atoms with van der Waals surface area (Å²) in [4.78, 5) is 0. The van der Waals surface area contributed by atoms with Gasteiger partial charge < -0.3 is 14.8 Å². The molecule has 3 aromatic rings. The molecule has 5 nitrogen and oxygen atoms in total. The van der Waals surface area contributed by atoms with Gasteiger partial charge in [0.1, 0.15) is 17.3 Å². The Labute approximate surface area is 140 Å². The molecule has 0 atom stereocenters. The van der Waals surface area contributed by atoms with Gasteiger partial charge in [-0.1, -0.05) is 30.3 Å². The number of furan rings is 1. The molecule has 1 aliphatic rings. The van der Waals surface area contributed by atoms with Crippen molar-refractivity contribution in [2.24, 2.45) is 0 Å². The molecule has 1 aliphatic heterocycles. The first-order chi connectivity index (χ1) is 11.2. The molecule has 0 bridgehead atoms. The smallest absolute Gasteiger partial charge is 0.136 e. The average molecular weight is 326 g/mol. The van der Waals surface area contributed by atoms with Crippen LogP contribution in [-0.4, -0.2) is 31.6 Å². The van der Waals surface area contributed by atoms with Crippen LogP contribution in [0.15, 0.2) is 46.9 Å². The number of hydrogen-bond acceptors (Lipinski definition) is 5. The minimum Gasteiger partial charge on any atom is -0.456 e. The quantitative estimate of drug-likeness (QED) is 0.687. The number of hydrogen-bond donors (Lipinski definition) is 2. The zero-order chi connectivity index (χ0) is 17.3. The maximum absolute atomic E-state index is 10.7. The van der Waals surface area contributed by atoms with E-state index in [0.29, 0.717) is 0 Å². The van der Waals surface area contributed by atoms with Crippen molar-refractivity contribution in [1.29, 1.82) is 0 Å². The lowest BCUT2D eigenvalue weighted by molar-refractivity contribution is -0.223. The molecule has 1 fully saturated rings. The summed E-state index contributed by atoms with van der Waals surface area (Å²) in [5, 5.41) is 25.9. The highest BCUT2D eigenvalue weighted by Gasteiger charge is 2.58. The van der Waals surface area contributed by atoms with Crippen molar-refractivity contribution in [3.8, 4) is 0 Å². The van der Waals surface area contributed by atoms with Crippen LogP contribution in [0.3, 0.4) is 0 Å². The zero-order valence-corrected chi connectivity index (χ0v) is 14.3. The number of benzene rings is 2. The second kappa shape index (κ2) is 4.80. The fourth-order valence-electron chi connectivity index (χ4n) is 3.46. The predicted molar refractivity (Wildman–Crippen MR) is 91.9 cm³/mol. The van der Waals surface area contributed by atoms with Crippen molar-refractivity contribution in [1.82, 2.24) is 10.1 Å². The summed E-state index contributed by atoms with van der Waals surface area (Å²) in [6, 6.07) is 13.7. The van der Waals surface area contributed by atoms with Crippen molar-refractivity contribution in [3.05, 3.63) is 48.0 Å². The van der Waals surface area contributed by atoms with Gasteiger partial charge in [0.25, 0.3) is 0 Å². The molecule has 0 unspecified atom stereocenters. The number of hydroxylamine groups is 4. The maximum atomic E-state index is 10.7. The van der Waals surface area contributed by atoms with Gasteiger partial charge in [0.15, 0.2) is 0 Å². The number of rotatable bonds is 1. The third-order valence-electron chi connectivity index (χ3n) is 5.81. The van der Waals surface area contributed by atoms with Gasteiger partial charge in [0.2, 0.25) is 0 Å². The van der Waals surface area contributed by atoms with Crippen LogP contribution in [-0.2, 0) is 0 Å². The monoisotopic (exact) mass is 326 g/mol. The fraction of sp³-hybridized carbons (Fsp3) is 0.368. The van der Waals surface area contributed by atoms with Crippen molar-refractivity contribution >= 4 is 21.9 Å². The highest BCUT2D eigenvalue weighted by molar-refractivity contribution is 6.04. The number of fused-ring (bicyclic) bond motifs is 3. The highest BCUT2D eigenvalue weighted by atomic mass is 16.6. The van der Waals surface area contributed by atoms with Gasteiger partial charge in [-0.05, 0) is 45.4 Å². The Morgan fingerprint density at radius 3 is 2.08 bits per heavy atom. The fourth-order valence-corrected chi connectivity index (χ4v) is 3.46. The van der Waals surface area contributed by atoms with Crippen LogP contribution in [0.2, 0.25) is 0 Å². The molecule has 126 valence electrons. The van der Waals surface area contributed by atoms with E-state index in [-0.39, 0.29) is 0 Å². The molecule has 0 aliphatic carbocycles. The standard InChI is InChI=1S/C19H22N2O3/c1-18(2)19(3,4)21(23)17(20(18)22)12-9-10-14-13-7-5-6-8-15(13)24-16(14)11-12/h5-11,17,22-23H,1-4H3. The normalized spacial score (nSPS) is 21.9. The van der Waals surface area contributed by atoms with Crippen LogP contribution in [0.25, 0.3) is 21.9 Å². The van der Waals surface area contributed by atoms with Crippen LogP contribution in [0.1, 0.15) is 39.4 Å². The summed E-state index contributed by atoms with van der Waals surface area (Å²) in [6.45, 7) is 7.65. The Kier molecular flexibility index (Phi) is 3.12. The Hall–Kier alpha value is -1.92. The van der Waals surface area contributed by atoms with Gasteiger partial charge in [0, 0.05) is 10.8 Å². The summed E-state index contributed by atoms with van der Waals surface area (Å²) >= 11 is 0. The summed E-state index contributed by atoms with van der Waals surface area (Å²) in [5.41, 5.74) is 1.13. The molecule has 0 radical (unpaired) electrons. The van der Waals surface area contributed by atoms with Gasteiger partial charge in [-0.25, -0.2) is 0 Å². The van der Waals surface area contributed by atoms with E-state index in [1.165, 1.54) is 10.1 Å². The molecule has 0 spiro atoms. The third-order valence-corrected chi connectivity index (χ3v) is 5.81. The van der Waals surface area contributed by atoms with E-state index in [9.17, 15) is 10.4 Å². The summed E-state index contributed by atoms with van der Waals surface area (Å²) in [6.07, 6.45) is -0.646. The molecule has 0 amide bonds. The average Bonchev–Trinajstić information content (AvgIpc) is 2.96. The van der Waals surface area contributed by atoms with E-state index in [4.69, 9.17) is 4.42 Å². The summed E-state index contributed by atoms with van der Waals surface area (Å²) in [5.74, 6) is 0. The van der Waals surface area contributed by atoms with Crippen LogP contribution in [0, 0.1) is 0 Å². The zero-order valence-electron chi connectivity index (χ0n) is 14.3. The van der Waals surface area contributed by atoms with E-state index in [2.05, 4.69) is 0 Å². The van der Waals surface area contributed by atoms with Gasteiger partial charge in [-0.2, -0.15) is 10.1 Å². The molecule has 2 heterocycles. The van der Waals surface area contributed by atoms with Crippen LogP contribution >= 0.6 is 0 Å². The topological polar surface area (TPSA) is 60.1 Å². The van der Waals surface area contributed by atoms with Crippen LogP contribution in [0.4, 0.5) is 0 Å². The Bertz CT molecular complexity index is 909. The van der Waals surface area contributed by atoms with E-state index in [1.54, 1.807) is 0 Å². The van der Waals surface area contributed by atoms with Gasteiger partial charge in [-0.15, -0.1) is 0 Å². The molecule has 0 saturated carbocycles. The molecule has 24 heavy (non-hydrogen) atoms. The second-order valence-corrected chi connectivity index (χ2v) is 7.53. The minimum atomic E-state index is -0.646. The molecular weight excluding hydrogens is 304 g/mol. The maximum Gasteiger partial charge on any atom is 0.136 e. The molecule has 4 rings (SSSR count). The lowest BCUT2D eigenvalue weighted by Crippen LogP contribution is -2.52. The first kappa shape index (κ1) is 15.6. The first-order valence-corrected chi connectivity index (χ1v) is 8.13. The van der Waals surface area contributed by atoms with Gasteiger partial charge in [-0.3, -0.25) is 0 Å². The van der Waals surface area contributed by atoms with Crippen LogP contribution < -0.4 is 0 Å². The highest BCUT2D eigenvalue weighted by Crippen LogP contribution is 2.47. The van der Waals surface area contributed by atoms with Crippen molar-refractivity contribution < 1.29 is 14.8 Å². The van der Waals surface area contributed by atoms with Crippen molar-refractivity contribution in [3.63, 3.8) is 0 Å². The SMILES string of the molecule is CC1(C)N(O)C(c2ccc3c(c2)oc2ccccc23)N(O)C1(C)C. The number of nitrogens with zero attached hydrogens (tertiary/aromatic N) is 2. The lowest BCUT2D eigenvalue weighted by Gasteiger charge is -2.37. The molecule has 2 aromatic carbocycles. The predicted octanol–water partition coefficient (Wildman–Crippen LogP) is 4.54. The van der Waals surface area contributed by atoms with Crippen molar-refractivity contribution in [2.45, 2.75) is 44.9 Å². The number of para-hydroxylation sites is 1. The Morgan fingerprint density at radius 1 is 0.833 bits per heavy atom.